The van der Waals surface area contributed by atoms with Gasteiger partial charge in [-0.25, -0.2) is 9.18 Å². The van der Waals surface area contributed by atoms with Crippen molar-refractivity contribution in [2.24, 2.45) is 0 Å². The van der Waals surface area contributed by atoms with E-state index in [1.807, 2.05) is 0 Å². The van der Waals surface area contributed by atoms with Gasteiger partial charge in [-0.1, -0.05) is 6.07 Å². The molecule has 0 spiro atoms. The van der Waals surface area contributed by atoms with E-state index >= 15 is 0 Å². The van der Waals surface area contributed by atoms with E-state index in [2.05, 4.69) is 0 Å². The first kappa shape index (κ1) is 11.1. The zero-order valence-electron chi connectivity index (χ0n) is 7.64. The van der Waals surface area contributed by atoms with Crippen LogP contribution in [0.3, 0.4) is 0 Å². The van der Waals surface area contributed by atoms with Gasteiger partial charge in [-0.3, -0.25) is 10.1 Å². The van der Waals surface area contributed by atoms with Crippen LogP contribution in [0.1, 0.15) is 15.9 Å². The molecule has 0 saturated heterocycles. The first-order chi connectivity index (χ1) is 7.00. The van der Waals surface area contributed by atoms with Crippen molar-refractivity contribution in [3.8, 4) is 0 Å². The summed E-state index contributed by atoms with van der Waals surface area (Å²) >= 11 is 0. The van der Waals surface area contributed by atoms with Gasteiger partial charge in [0.05, 0.1) is 5.56 Å². The SMILES string of the molecule is O=C(O)c1cc(CC[N+](=O)[O-])ccc1F. The Balaban J connectivity index is 2.87. The zero-order chi connectivity index (χ0) is 11.4. The second-order valence-corrected chi connectivity index (χ2v) is 2.93. The molecule has 0 bridgehead atoms. The summed E-state index contributed by atoms with van der Waals surface area (Å²) in [5.74, 6) is -2.22. The van der Waals surface area contributed by atoms with E-state index in [-0.39, 0.29) is 13.0 Å². The van der Waals surface area contributed by atoms with E-state index in [4.69, 9.17) is 5.11 Å². The fourth-order valence-corrected chi connectivity index (χ4v) is 1.11. The molecular formula is C9H8FNO4. The van der Waals surface area contributed by atoms with Crippen LogP contribution < -0.4 is 0 Å². The van der Waals surface area contributed by atoms with Crippen molar-refractivity contribution >= 4 is 5.97 Å². The minimum Gasteiger partial charge on any atom is -0.478 e. The van der Waals surface area contributed by atoms with E-state index in [1.54, 1.807) is 0 Å². The quantitative estimate of drug-likeness (QED) is 0.604. The van der Waals surface area contributed by atoms with Crippen molar-refractivity contribution in [3.05, 3.63) is 45.3 Å². The number of halogens is 1. The molecule has 6 heteroatoms. The van der Waals surface area contributed by atoms with Gasteiger partial charge in [-0.05, 0) is 17.7 Å². The Hall–Kier alpha value is -1.98. The summed E-state index contributed by atoms with van der Waals surface area (Å²) in [5, 5.41) is 18.7. The minimum atomic E-state index is -1.38. The number of hydrogen-bond donors (Lipinski definition) is 1. The highest BCUT2D eigenvalue weighted by Gasteiger charge is 2.11. The predicted octanol–water partition coefficient (Wildman–Crippen LogP) is 1.34. The van der Waals surface area contributed by atoms with Gasteiger partial charge in [0.15, 0.2) is 0 Å². The lowest BCUT2D eigenvalue weighted by atomic mass is 10.1. The number of benzene rings is 1. The van der Waals surface area contributed by atoms with Crippen LogP contribution in [-0.2, 0) is 6.42 Å². The van der Waals surface area contributed by atoms with Crippen LogP contribution in [0.15, 0.2) is 18.2 Å². The van der Waals surface area contributed by atoms with E-state index in [0.717, 1.165) is 12.1 Å². The third-order valence-corrected chi connectivity index (χ3v) is 1.84. The molecule has 0 aromatic heterocycles. The van der Waals surface area contributed by atoms with Crippen molar-refractivity contribution in [2.75, 3.05) is 6.54 Å². The lowest BCUT2D eigenvalue weighted by Gasteiger charge is -2.01. The van der Waals surface area contributed by atoms with Crippen molar-refractivity contribution in [1.82, 2.24) is 0 Å². The minimum absolute atomic E-state index is 0.0908. The van der Waals surface area contributed by atoms with Crippen LogP contribution in [-0.4, -0.2) is 22.5 Å². The van der Waals surface area contributed by atoms with Gasteiger partial charge < -0.3 is 5.11 Å². The lowest BCUT2D eigenvalue weighted by Crippen LogP contribution is -2.06. The fraction of sp³-hybridized carbons (Fsp3) is 0.222. The molecule has 0 aliphatic heterocycles. The van der Waals surface area contributed by atoms with Crippen LogP contribution in [0.4, 0.5) is 4.39 Å². The average Bonchev–Trinajstić information content (AvgIpc) is 2.16. The van der Waals surface area contributed by atoms with Crippen LogP contribution in [0.5, 0.6) is 0 Å². The second-order valence-electron chi connectivity index (χ2n) is 2.93. The molecule has 0 saturated carbocycles. The topological polar surface area (TPSA) is 80.4 Å². The maximum atomic E-state index is 12.9. The molecule has 15 heavy (non-hydrogen) atoms. The highest BCUT2D eigenvalue weighted by molar-refractivity contribution is 5.88. The number of carboxylic acid groups (broad SMARTS) is 1. The summed E-state index contributed by atoms with van der Waals surface area (Å²) in [6.45, 7) is -0.301. The molecule has 0 amide bonds. The molecule has 0 fully saturated rings. The van der Waals surface area contributed by atoms with Gasteiger partial charge in [0.25, 0.3) is 0 Å². The number of hydrogen-bond acceptors (Lipinski definition) is 3. The number of nitrogens with zero attached hydrogens (tertiary/aromatic N) is 1. The van der Waals surface area contributed by atoms with Crippen LogP contribution in [0.25, 0.3) is 0 Å². The predicted molar refractivity (Wildman–Crippen MR) is 48.9 cm³/mol. The Kier molecular flexibility index (Phi) is 3.33. The number of carbonyl (C=O) groups is 1. The highest BCUT2D eigenvalue weighted by Crippen LogP contribution is 2.11. The number of carboxylic acids is 1. The Morgan fingerprint density at radius 3 is 2.73 bits per heavy atom. The molecule has 0 aliphatic carbocycles. The van der Waals surface area contributed by atoms with E-state index in [0.29, 0.717) is 5.56 Å². The van der Waals surface area contributed by atoms with Gasteiger partial charge in [0.2, 0.25) is 6.54 Å². The molecule has 1 aromatic rings. The first-order valence-electron chi connectivity index (χ1n) is 4.14. The van der Waals surface area contributed by atoms with Gasteiger partial charge in [0, 0.05) is 11.3 Å². The van der Waals surface area contributed by atoms with Gasteiger partial charge in [0.1, 0.15) is 5.82 Å². The van der Waals surface area contributed by atoms with Crippen molar-refractivity contribution in [3.63, 3.8) is 0 Å². The molecule has 80 valence electrons. The summed E-state index contributed by atoms with van der Waals surface area (Å²) in [4.78, 5) is 20.1. The summed E-state index contributed by atoms with van der Waals surface area (Å²) in [5.41, 5.74) is -0.0265. The van der Waals surface area contributed by atoms with E-state index in [1.165, 1.54) is 6.07 Å². The number of nitro groups is 1. The highest BCUT2D eigenvalue weighted by atomic mass is 19.1. The third kappa shape index (κ3) is 3.01. The zero-order valence-corrected chi connectivity index (χ0v) is 7.64. The number of rotatable bonds is 4. The Labute approximate surface area is 84.3 Å². The molecular weight excluding hydrogens is 205 g/mol. The summed E-state index contributed by atoms with van der Waals surface area (Å²) < 4.78 is 12.9. The first-order valence-corrected chi connectivity index (χ1v) is 4.14. The summed E-state index contributed by atoms with van der Waals surface area (Å²) in [6.07, 6.45) is 0.0908. The van der Waals surface area contributed by atoms with E-state index < -0.39 is 22.3 Å². The largest absolute Gasteiger partial charge is 0.478 e. The second kappa shape index (κ2) is 4.50. The maximum Gasteiger partial charge on any atom is 0.338 e. The Bertz CT molecular complexity index is 405. The van der Waals surface area contributed by atoms with Crippen LogP contribution in [0, 0.1) is 15.9 Å². The molecule has 1 aromatic carbocycles. The fourth-order valence-electron chi connectivity index (χ4n) is 1.11. The lowest BCUT2D eigenvalue weighted by molar-refractivity contribution is -0.479. The summed E-state index contributed by atoms with van der Waals surface area (Å²) in [7, 11) is 0. The monoisotopic (exact) mass is 213 g/mol. The third-order valence-electron chi connectivity index (χ3n) is 1.84. The molecule has 0 atom stereocenters. The van der Waals surface area contributed by atoms with Gasteiger partial charge >= 0.3 is 5.97 Å². The molecule has 0 heterocycles. The van der Waals surface area contributed by atoms with Crippen LogP contribution >= 0.6 is 0 Å². The molecule has 0 radical (unpaired) electrons. The van der Waals surface area contributed by atoms with E-state index in [9.17, 15) is 19.3 Å². The molecule has 0 unspecified atom stereocenters. The molecule has 0 aliphatic rings. The smallest absolute Gasteiger partial charge is 0.338 e. The van der Waals surface area contributed by atoms with Crippen molar-refractivity contribution in [2.45, 2.75) is 6.42 Å². The molecule has 1 rings (SSSR count). The van der Waals surface area contributed by atoms with Crippen LogP contribution in [0.2, 0.25) is 0 Å². The molecule has 1 N–H and O–H groups in total. The van der Waals surface area contributed by atoms with Crippen molar-refractivity contribution in [1.29, 1.82) is 0 Å². The Morgan fingerprint density at radius 1 is 1.53 bits per heavy atom. The normalized spacial score (nSPS) is 9.93. The van der Waals surface area contributed by atoms with Gasteiger partial charge in [-0.2, -0.15) is 0 Å². The number of aromatic carboxylic acids is 1. The summed E-state index contributed by atoms with van der Waals surface area (Å²) in [6, 6.07) is 3.45. The Morgan fingerprint density at radius 2 is 2.20 bits per heavy atom. The standard InChI is InChI=1S/C9H8FNO4/c10-8-2-1-6(3-4-11(14)15)5-7(8)9(12)13/h1-2,5H,3-4H2,(H,12,13). The average molecular weight is 213 g/mol. The van der Waals surface area contributed by atoms with Gasteiger partial charge in [-0.15, -0.1) is 0 Å². The maximum absolute atomic E-state index is 12.9. The molecule has 5 nitrogen and oxygen atoms in total. The van der Waals surface area contributed by atoms with Crippen molar-refractivity contribution < 1.29 is 19.2 Å².